The third-order valence-corrected chi connectivity index (χ3v) is 8.29. The Balaban J connectivity index is 1.19. The van der Waals surface area contributed by atoms with Crippen molar-refractivity contribution in [2.24, 2.45) is 0 Å². The van der Waals surface area contributed by atoms with Crippen LogP contribution in [0.15, 0.2) is 97.2 Å². The van der Waals surface area contributed by atoms with E-state index in [4.69, 9.17) is 9.47 Å². The number of alkyl halides is 3. The van der Waals surface area contributed by atoms with Crippen molar-refractivity contribution in [2.45, 2.75) is 13.1 Å². The first-order chi connectivity index (χ1) is 25.0. The third-order valence-electron chi connectivity index (χ3n) is 8.29. The number of anilines is 5. The molecule has 3 N–H and O–H groups in total. The van der Waals surface area contributed by atoms with E-state index in [-0.39, 0.29) is 11.6 Å². The van der Waals surface area contributed by atoms with E-state index in [0.29, 0.717) is 34.3 Å². The van der Waals surface area contributed by atoms with Crippen LogP contribution in [0.2, 0.25) is 0 Å². The van der Waals surface area contributed by atoms with Crippen LogP contribution in [-0.2, 0) is 6.18 Å². The van der Waals surface area contributed by atoms with Crippen LogP contribution in [0.25, 0.3) is 0 Å². The highest BCUT2D eigenvalue weighted by Gasteiger charge is 2.30. The zero-order valence-electron chi connectivity index (χ0n) is 28.7. The molecule has 0 saturated carbocycles. The van der Waals surface area contributed by atoms with Crippen LogP contribution in [-0.4, -0.2) is 61.2 Å². The second-order valence-corrected chi connectivity index (χ2v) is 12.1. The van der Waals surface area contributed by atoms with Crippen LogP contribution in [0, 0.1) is 18.8 Å². The molecule has 2 amide bonds. The Bertz CT molecular complexity index is 2110. The van der Waals surface area contributed by atoms with Gasteiger partial charge in [0.05, 0.1) is 18.9 Å². The Morgan fingerprint density at radius 2 is 1.48 bits per heavy atom. The summed E-state index contributed by atoms with van der Waals surface area (Å²) in [6.45, 7) is 5.82. The predicted molar refractivity (Wildman–Crippen MR) is 196 cm³/mol. The fourth-order valence-corrected chi connectivity index (χ4v) is 5.43. The maximum atomic E-state index is 13.1. The largest absolute Gasteiger partial charge is 0.493 e. The number of nitrogens with one attached hydrogen (secondary N) is 3. The van der Waals surface area contributed by atoms with Gasteiger partial charge in [0.15, 0.2) is 11.5 Å². The number of amides is 2. The number of aromatic nitrogens is 2. The number of halogens is 3. The highest BCUT2D eigenvalue weighted by atomic mass is 19.4. The average molecular weight is 708 g/mol. The van der Waals surface area contributed by atoms with E-state index in [1.165, 1.54) is 12.1 Å². The predicted octanol–water partition coefficient (Wildman–Crippen LogP) is 8.14. The van der Waals surface area contributed by atoms with E-state index in [9.17, 15) is 18.0 Å². The van der Waals surface area contributed by atoms with Crippen molar-refractivity contribution in [2.75, 3.05) is 61.2 Å². The molecule has 0 bridgehead atoms. The number of ether oxygens (including phenoxy) is 2. The molecule has 0 aliphatic carbocycles. The molecule has 13 heteroatoms. The van der Waals surface area contributed by atoms with E-state index in [2.05, 4.69) is 66.7 Å². The molecule has 266 valence electrons. The lowest BCUT2D eigenvalue weighted by atomic mass is 10.1. The van der Waals surface area contributed by atoms with Crippen molar-refractivity contribution in [3.05, 3.63) is 119 Å². The molecule has 1 aliphatic heterocycles. The number of carbonyl (C=O) groups excluding carboxylic acids is 1. The number of carbonyl (C=O) groups is 1. The first kappa shape index (κ1) is 35.6. The van der Waals surface area contributed by atoms with Crippen LogP contribution in [0.3, 0.4) is 0 Å². The molecule has 10 nitrogen and oxygen atoms in total. The lowest BCUT2D eigenvalue weighted by Crippen LogP contribution is -2.44. The smallest absolute Gasteiger partial charge is 0.416 e. The summed E-state index contributed by atoms with van der Waals surface area (Å²) < 4.78 is 50.9. The van der Waals surface area contributed by atoms with Crippen molar-refractivity contribution in [3.63, 3.8) is 0 Å². The van der Waals surface area contributed by atoms with Gasteiger partial charge in [-0.3, -0.25) is 0 Å². The highest BCUT2D eigenvalue weighted by molar-refractivity contribution is 5.99. The molecule has 0 radical (unpaired) electrons. The number of hydrogen-bond acceptors (Lipinski definition) is 8. The van der Waals surface area contributed by atoms with Crippen molar-refractivity contribution in [1.82, 2.24) is 14.9 Å². The van der Waals surface area contributed by atoms with Gasteiger partial charge in [-0.25, -0.2) is 9.78 Å². The number of benzene rings is 4. The monoisotopic (exact) mass is 707 g/mol. The third kappa shape index (κ3) is 9.09. The summed E-state index contributed by atoms with van der Waals surface area (Å²) in [4.78, 5) is 26.4. The van der Waals surface area contributed by atoms with Crippen LogP contribution in [0.5, 0.6) is 17.4 Å². The zero-order valence-corrected chi connectivity index (χ0v) is 28.7. The van der Waals surface area contributed by atoms with E-state index in [1.807, 2.05) is 31.2 Å². The Morgan fingerprint density at radius 1 is 0.808 bits per heavy atom. The van der Waals surface area contributed by atoms with Crippen LogP contribution in [0.1, 0.15) is 22.3 Å². The number of urea groups is 1. The SMILES string of the molecule is COc1ccccc1Oc1nc(Nc2ccc(N3CCN(C)CC3)cc2)ncc1C#Cc1ccc(NC(=O)Nc2cccc(C(F)(F)F)c2)cc1C. The number of nitrogens with zero attached hydrogens (tertiary/aromatic N) is 4. The van der Waals surface area contributed by atoms with Gasteiger partial charge < -0.3 is 35.2 Å². The van der Waals surface area contributed by atoms with Crippen LogP contribution >= 0.6 is 0 Å². The molecular weight excluding hydrogens is 671 g/mol. The van der Waals surface area contributed by atoms with E-state index >= 15 is 0 Å². The topological polar surface area (TPSA) is 104 Å². The molecule has 1 saturated heterocycles. The molecule has 0 atom stereocenters. The van der Waals surface area contributed by atoms with Crippen molar-refractivity contribution in [3.8, 4) is 29.2 Å². The number of hydrogen-bond donors (Lipinski definition) is 3. The van der Waals surface area contributed by atoms with E-state index in [1.54, 1.807) is 43.6 Å². The molecule has 0 unspecified atom stereocenters. The first-order valence-corrected chi connectivity index (χ1v) is 16.4. The fourth-order valence-electron chi connectivity index (χ4n) is 5.43. The summed E-state index contributed by atoms with van der Waals surface area (Å²) in [5.74, 6) is 7.74. The van der Waals surface area contributed by atoms with Crippen molar-refractivity contribution in [1.29, 1.82) is 0 Å². The molecule has 6 rings (SSSR count). The minimum atomic E-state index is -4.52. The summed E-state index contributed by atoms with van der Waals surface area (Å²) in [5.41, 5.74) is 3.39. The minimum Gasteiger partial charge on any atom is -0.493 e. The maximum absolute atomic E-state index is 13.1. The molecule has 1 fully saturated rings. The summed E-state index contributed by atoms with van der Waals surface area (Å²) in [6, 6.07) is 24.1. The van der Waals surface area contributed by atoms with Gasteiger partial charge >= 0.3 is 12.2 Å². The first-order valence-electron chi connectivity index (χ1n) is 16.4. The average Bonchev–Trinajstić information content (AvgIpc) is 3.12. The molecule has 5 aromatic rings. The summed E-state index contributed by atoms with van der Waals surface area (Å²) >= 11 is 0. The summed E-state index contributed by atoms with van der Waals surface area (Å²) in [6.07, 6.45) is -2.94. The number of piperazine rings is 1. The molecule has 52 heavy (non-hydrogen) atoms. The maximum Gasteiger partial charge on any atom is 0.416 e. The summed E-state index contributed by atoms with van der Waals surface area (Å²) in [7, 11) is 3.69. The number of rotatable bonds is 8. The van der Waals surface area contributed by atoms with Gasteiger partial charge in [-0.2, -0.15) is 18.2 Å². The van der Waals surface area contributed by atoms with Gasteiger partial charge in [-0.1, -0.05) is 30.0 Å². The van der Waals surface area contributed by atoms with Gasteiger partial charge in [0.1, 0.15) is 5.56 Å². The van der Waals surface area contributed by atoms with Gasteiger partial charge in [0.25, 0.3) is 0 Å². The molecule has 0 spiro atoms. The normalized spacial score (nSPS) is 13.1. The Labute approximate surface area is 299 Å². The lowest BCUT2D eigenvalue weighted by Gasteiger charge is -2.34. The van der Waals surface area contributed by atoms with E-state index < -0.39 is 17.8 Å². The molecule has 1 aromatic heterocycles. The second-order valence-electron chi connectivity index (χ2n) is 12.1. The van der Waals surface area contributed by atoms with Crippen LogP contribution < -0.4 is 30.3 Å². The molecular formula is C39H36F3N7O3. The Kier molecular flexibility index (Phi) is 10.8. The van der Waals surface area contributed by atoms with Crippen molar-refractivity contribution >= 4 is 34.7 Å². The second kappa shape index (κ2) is 15.7. The van der Waals surface area contributed by atoms with Crippen LogP contribution in [0.4, 0.5) is 46.7 Å². The molecule has 4 aromatic carbocycles. The highest BCUT2D eigenvalue weighted by Crippen LogP contribution is 2.33. The lowest BCUT2D eigenvalue weighted by molar-refractivity contribution is -0.137. The molecule has 2 heterocycles. The van der Waals surface area contributed by atoms with Gasteiger partial charge in [-0.05, 0) is 92.3 Å². The number of aryl methyl sites for hydroxylation is 1. The van der Waals surface area contributed by atoms with Gasteiger partial charge in [0.2, 0.25) is 11.8 Å². The minimum absolute atomic E-state index is 0.0141. The quantitative estimate of drug-likeness (QED) is 0.139. The molecule has 1 aliphatic rings. The number of likely N-dealkylation sites (N-methyl/N-ethyl adjacent to an activating group) is 1. The Morgan fingerprint density at radius 3 is 2.17 bits per heavy atom. The van der Waals surface area contributed by atoms with Gasteiger partial charge in [0, 0.05) is 54.5 Å². The number of para-hydroxylation sites is 2. The van der Waals surface area contributed by atoms with Crippen molar-refractivity contribution < 1.29 is 27.4 Å². The Hall–Kier alpha value is -6.26. The standard InChI is InChI=1S/C39H36F3N7O3/c1-26-23-32(46-38(50)45-31-8-6-7-29(24-31)39(40,41)42)14-13-27(26)11-12-28-25-43-37(47-36(28)52-35-10-5-4-9-34(35)51-3)44-30-15-17-33(18-16-30)49-21-19-48(2)20-22-49/h4-10,13-18,23-25H,19-22H2,1-3H3,(H,43,44,47)(H2,45,46,50). The van der Waals surface area contributed by atoms with E-state index in [0.717, 1.165) is 55.2 Å². The fraction of sp³-hybridized carbons (Fsp3) is 0.205. The number of methoxy groups -OCH3 is 1. The summed E-state index contributed by atoms with van der Waals surface area (Å²) in [5, 5.41) is 8.33. The van der Waals surface area contributed by atoms with Gasteiger partial charge in [-0.15, -0.1) is 0 Å². The zero-order chi connectivity index (χ0) is 36.7.